The fraction of sp³-hybridized carbons (Fsp3) is 0.583. The zero-order valence-corrected chi connectivity index (χ0v) is 9.60. The standard InChI is InChI=1S/C12H16N2O2/c1-7(2)11-13-6-9-5-8(12(15)16)3-4-10(9)14-11/h6-8H,3-5H2,1-2H3,(H,15,16). The van der Waals surface area contributed by atoms with Crippen molar-refractivity contribution in [3.63, 3.8) is 0 Å². The predicted octanol–water partition coefficient (Wildman–Crippen LogP) is 1.79. The Kier molecular flexibility index (Phi) is 2.90. The molecule has 1 atom stereocenters. The zero-order chi connectivity index (χ0) is 11.7. The van der Waals surface area contributed by atoms with Crippen LogP contribution in [0.4, 0.5) is 0 Å². The highest BCUT2D eigenvalue weighted by Gasteiger charge is 2.25. The molecule has 0 saturated heterocycles. The molecule has 1 aliphatic carbocycles. The highest BCUT2D eigenvalue weighted by Crippen LogP contribution is 2.24. The van der Waals surface area contributed by atoms with E-state index in [1.54, 1.807) is 6.20 Å². The van der Waals surface area contributed by atoms with E-state index in [9.17, 15) is 4.79 Å². The summed E-state index contributed by atoms with van der Waals surface area (Å²) >= 11 is 0. The maximum atomic E-state index is 10.9. The summed E-state index contributed by atoms with van der Waals surface area (Å²) in [5.74, 6) is 0.203. The van der Waals surface area contributed by atoms with Gasteiger partial charge >= 0.3 is 5.97 Å². The Balaban J connectivity index is 2.25. The summed E-state index contributed by atoms with van der Waals surface area (Å²) in [6.07, 6.45) is 3.82. The molecule has 0 fully saturated rings. The first-order valence-electron chi connectivity index (χ1n) is 5.65. The minimum absolute atomic E-state index is 0.263. The molecule has 0 spiro atoms. The van der Waals surface area contributed by atoms with Gasteiger partial charge in [-0.3, -0.25) is 4.79 Å². The number of carboxylic acid groups (broad SMARTS) is 1. The van der Waals surface area contributed by atoms with Crippen LogP contribution in [0, 0.1) is 5.92 Å². The Morgan fingerprint density at radius 1 is 1.56 bits per heavy atom. The van der Waals surface area contributed by atoms with Gasteiger partial charge in [0, 0.05) is 17.8 Å². The number of nitrogens with zero attached hydrogens (tertiary/aromatic N) is 2. The summed E-state index contributed by atoms with van der Waals surface area (Å²) < 4.78 is 0. The van der Waals surface area contributed by atoms with Crippen molar-refractivity contribution in [2.75, 3.05) is 0 Å². The number of aryl methyl sites for hydroxylation is 1. The highest BCUT2D eigenvalue weighted by atomic mass is 16.4. The van der Waals surface area contributed by atoms with E-state index >= 15 is 0 Å². The molecule has 1 aromatic rings. The van der Waals surface area contributed by atoms with Gasteiger partial charge in [-0.1, -0.05) is 13.8 Å². The van der Waals surface area contributed by atoms with Crippen molar-refractivity contribution in [1.29, 1.82) is 0 Å². The van der Waals surface area contributed by atoms with E-state index in [1.807, 2.05) is 0 Å². The van der Waals surface area contributed by atoms with Crippen LogP contribution in [0.25, 0.3) is 0 Å². The quantitative estimate of drug-likeness (QED) is 0.825. The molecule has 4 heteroatoms. The fourth-order valence-electron chi connectivity index (χ4n) is 2.01. The highest BCUT2D eigenvalue weighted by molar-refractivity contribution is 5.70. The average Bonchev–Trinajstić information content (AvgIpc) is 2.27. The lowest BCUT2D eigenvalue weighted by molar-refractivity contribution is -0.142. The van der Waals surface area contributed by atoms with Crippen molar-refractivity contribution in [3.05, 3.63) is 23.3 Å². The molecule has 4 nitrogen and oxygen atoms in total. The number of fused-ring (bicyclic) bond motifs is 1. The first kappa shape index (κ1) is 11.0. The maximum Gasteiger partial charge on any atom is 0.306 e. The zero-order valence-electron chi connectivity index (χ0n) is 9.60. The van der Waals surface area contributed by atoms with Crippen LogP contribution in [-0.4, -0.2) is 21.0 Å². The minimum Gasteiger partial charge on any atom is -0.481 e. The first-order chi connectivity index (χ1) is 7.58. The van der Waals surface area contributed by atoms with Gasteiger partial charge in [-0.15, -0.1) is 0 Å². The number of rotatable bonds is 2. The van der Waals surface area contributed by atoms with Crippen LogP contribution >= 0.6 is 0 Å². The Labute approximate surface area is 94.7 Å². The van der Waals surface area contributed by atoms with Crippen molar-refractivity contribution in [3.8, 4) is 0 Å². The number of aliphatic carboxylic acids is 1. The van der Waals surface area contributed by atoms with E-state index in [1.165, 1.54) is 0 Å². The van der Waals surface area contributed by atoms with Gasteiger partial charge in [0.25, 0.3) is 0 Å². The Morgan fingerprint density at radius 3 is 2.94 bits per heavy atom. The van der Waals surface area contributed by atoms with Crippen LogP contribution in [0.1, 0.15) is 43.3 Å². The molecule has 16 heavy (non-hydrogen) atoms. The summed E-state index contributed by atoms with van der Waals surface area (Å²) in [6.45, 7) is 4.12. The number of hydrogen-bond acceptors (Lipinski definition) is 3. The monoisotopic (exact) mass is 220 g/mol. The molecule has 0 aromatic carbocycles. The van der Waals surface area contributed by atoms with Crippen LogP contribution in [-0.2, 0) is 17.6 Å². The molecule has 1 N–H and O–H groups in total. The second-order valence-corrected chi connectivity index (χ2v) is 4.63. The second-order valence-electron chi connectivity index (χ2n) is 4.63. The summed E-state index contributed by atoms with van der Waals surface area (Å²) in [5.41, 5.74) is 2.04. The van der Waals surface area contributed by atoms with Crippen LogP contribution < -0.4 is 0 Å². The van der Waals surface area contributed by atoms with Crippen molar-refractivity contribution >= 4 is 5.97 Å². The van der Waals surface area contributed by atoms with Gasteiger partial charge in [0.1, 0.15) is 5.82 Å². The summed E-state index contributed by atoms with van der Waals surface area (Å²) in [7, 11) is 0. The predicted molar refractivity (Wildman–Crippen MR) is 59.3 cm³/mol. The normalized spacial score (nSPS) is 19.6. The molecule has 0 bridgehead atoms. The lowest BCUT2D eigenvalue weighted by Gasteiger charge is -2.21. The number of carboxylic acids is 1. The maximum absolute atomic E-state index is 10.9. The van der Waals surface area contributed by atoms with E-state index < -0.39 is 5.97 Å². The minimum atomic E-state index is -0.710. The number of aromatic nitrogens is 2. The Morgan fingerprint density at radius 2 is 2.31 bits per heavy atom. The van der Waals surface area contributed by atoms with Crippen molar-refractivity contribution < 1.29 is 9.90 Å². The lowest BCUT2D eigenvalue weighted by atomic mass is 9.87. The number of carbonyl (C=O) groups is 1. The fourth-order valence-corrected chi connectivity index (χ4v) is 2.01. The van der Waals surface area contributed by atoms with Crippen LogP contribution in [0.3, 0.4) is 0 Å². The van der Waals surface area contributed by atoms with Gasteiger partial charge in [0.05, 0.1) is 5.92 Å². The van der Waals surface area contributed by atoms with Crippen LogP contribution in [0.15, 0.2) is 6.20 Å². The van der Waals surface area contributed by atoms with Gasteiger partial charge < -0.3 is 5.11 Å². The summed E-state index contributed by atoms with van der Waals surface area (Å²) in [6, 6.07) is 0. The molecule has 1 aromatic heterocycles. The van der Waals surface area contributed by atoms with E-state index in [0.717, 1.165) is 23.5 Å². The molecule has 1 unspecified atom stereocenters. The van der Waals surface area contributed by atoms with Gasteiger partial charge in [-0.25, -0.2) is 9.97 Å². The van der Waals surface area contributed by atoms with E-state index in [4.69, 9.17) is 5.11 Å². The largest absolute Gasteiger partial charge is 0.481 e. The Bertz CT molecular complexity index is 415. The summed E-state index contributed by atoms with van der Waals surface area (Å²) in [5, 5.41) is 8.97. The second kappa shape index (κ2) is 4.20. The molecule has 1 aliphatic rings. The molecular weight excluding hydrogens is 204 g/mol. The molecule has 0 amide bonds. The topological polar surface area (TPSA) is 63.1 Å². The van der Waals surface area contributed by atoms with Crippen LogP contribution in [0.5, 0.6) is 0 Å². The van der Waals surface area contributed by atoms with Gasteiger partial charge in [-0.2, -0.15) is 0 Å². The van der Waals surface area contributed by atoms with Crippen molar-refractivity contribution in [2.24, 2.45) is 5.92 Å². The molecule has 0 radical (unpaired) electrons. The molecule has 0 saturated carbocycles. The van der Waals surface area contributed by atoms with Gasteiger partial charge in [0.15, 0.2) is 0 Å². The molecular formula is C12H16N2O2. The SMILES string of the molecule is CC(C)c1ncc2c(n1)CCC(C(=O)O)C2. The van der Waals surface area contributed by atoms with E-state index in [0.29, 0.717) is 18.8 Å². The van der Waals surface area contributed by atoms with Crippen LogP contribution in [0.2, 0.25) is 0 Å². The smallest absolute Gasteiger partial charge is 0.306 e. The third-order valence-corrected chi connectivity index (χ3v) is 3.03. The number of hydrogen-bond donors (Lipinski definition) is 1. The van der Waals surface area contributed by atoms with Gasteiger partial charge in [0.2, 0.25) is 0 Å². The van der Waals surface area contributed by atoms with E-state index in [2.05, 4.69) is 23.8 Å². The average molecular weight is 220 g/mol. The van der Waals surface area contributed by atoms with Gasteiger partial charge in [-0.05, 0) is 24.8 Å². The molecule has 2 rings (SSSR count). The molecule has 86 valence electrons. The lowest BCUT2D eigenvalue weighted by Crippen LogP contribution is -2.23. The summed E-state index contributed by atoms with van der Waals surface area (Å²) in [4.78, 5) is 19.7. The van der Waals surface area contributed by atoms with Crippen molar-refractivity contribution in [2.45, 2.75) is 39.0 Å². The Hall–Kier alpha value is -1.45. The first-order valence-corrected chi connectivity index (χ1v) is 5.65. The van der Waals surface area contributed by atoms with E-state index in [-0.39, 0.29) is 5.92 Å². The van der Waals surface area contributed by atoms with Crippen molar-refractivity contribution in [1.82, 2.24) is 9.97 Å². The third kappa shape index (κ3) is 2.05. The third-order valence-electron chi connectivity index (χ3n) is 3.03. The molecule has 0 aliphatic heterocycles. The molecule has 1 heterocycles.